The van der Waals surface area contributed by atoms with Crippen LogP contribution in [0.15, 0.2) is 30.3 Å². The van der Waals surface area contributed by atoms with Crippen molar-refractivity contribution in [2.24, 2.45) is 7.05 Å². The summed E-state index contributed by atoms with van der Waals surface area (Å²) in [7, 11) is 1.23. The van der Waals surface area contributed by atoms with Crippen LogP contribution in [-0.2, 0) is 13.0 Å². The number of carboxylic acid groups (broad SMARTS) is 1. The van der Waals surface area contributed by atoms with E-state index in [2.05, 4.69) is 10.3 Å². The average molecular weight is 253 g/mol. The van der Waals surface area contributed by atoms with Crippen LogP contribution in [0.1, 0.15) is 21.7 Å². The molecule has 18 heavy (non-hydrogen) atoms. The summed E-state index contributed by atoms with van der Waals surface area (Å²) in [6.45, 7) is 0. The van der Waals surface area contributed by atoms with Gasteiger partial charge in [0.05, 0.1) is 0 Å². The highest BCUT2D eigenvalue weighted by Gasteiger charge is 2.42. The minimum atomic E-state index is -3.47. The van der Waals surface area contributed by atoms with Crippen molar-refractivity contribution in [3.63, 3.8) is 0 Å². The SMILES string of the molecule is Cn1nnc(C(=O)O)c1C(F)(F)c1ccccc1. The molecule has 0 saturated carbocycles. The van der Waals surface area contributed by atoms with E-state index in [0.717, 1.165) is 4.68 Å². The number of hydrogen-bond donors (Lipinski definition) is 1. The molecule has 0 aliphatic heterocycles. The van der Waals surface area contributed by atoms with Gasteiger partial charge in [-0.1, -0.05) is 35.5 Å². The first-order valence-corrected chi connectivity index (χ1v) is 5.01. The fourth-order valence-corrected chi connectivity index (χ4v) is 1.64. The Morgan fingerprint density at radius 1 is 1.33 bits per heavy atom. The maximum absolute atomic E-state index is 14.2. The lowest BCUT2D eigenvalue weighted by Crippen LogP contribution is -2.22. The third-order valence-corrected chi connectivity index (χ3v) is 2.46. The van der Waals surface area contributed by atoms with E-state index in [0.29, 0.717) is 0 Å². The first kappa shape index (κ1) is 12.2. The molecule has 0 spiro atoms. The van der Waals surface area contributed by atoms with Crippen molar-refractivity contribution >= 4 is 5.97 Å². The first-order chi connectivity index (χ1) is 8.44. The Morgan fingerprint density at radius 3 is 2.50 bits per heavy atom. The van der Waals surface area contributed by atoms with Crippen LogP contribution in [0.25, 0.3) is 0 Å². The topological polar surface area (TPSA) is 68.0 Å². The summed E-state index contributed by atoms with van der Waals surface area (Å²) in [5, 5.41) is 15.4. The highest BCUT2D eigenvalue weighted by atomic mass is 19.3. The molecule has 0 aliphatic rings. The van der Waals surface area contributed by atoms with E-state index in [9.17, 15) is 13.6 Å². The maximum Gasteiger partial charge on any atom is 0.358 e. The summed E-state index contributed by atoms with van der Waals surface area (Å²) in [6.07, 6.45) is 0. The third-order valence-electron chi connectivity index (χ3n) is 2.46. The second-order valence-corrected chi connectivity index (χ2v) is 3.66. The first-order valence-electron chi connectivity index (χ1n) is 5.01. The van der Waals surface area contributed by atoms with Gasteiger partial charge < -0.3 is 5.11 Å². The molecule has 0 aliphatic carbocycles. The molecular formula is C11H9F2N3O2. The van der Waals surface area contributed by atoms with E-state index in [1.165, 1.54) is 31.3 Å². The predicted molar refractivity (Wildman–Crippen MR) is 57.4 cm³/mol. The van der Waals surface area contributed by atoms with Crippen LogP contribution in [0, 0.1) is 0 Å². The minimum Gasteiger partial charge on any atom is -0.476 e. The lowest BCUT2D eigenvalue weighted by atomic mass is 10.0. The number of alkyl halides is 2. The van der Waals surface area contributed by atoms with Crippen molar-refractivity contribution in [3.8, 4) is 0 Å². The molecule has 7 heteroatoms. The van der Waals surface area contributed by atoms with Gasteiger partial charge in [0.15, 0.2) is 5.69 Å². The fraction of sp³-hybridized carbons (Fsp3) is 0.182. The zero-order valence-corrected chi connectivity index (χ0v) is 9.34. The van der Waals surface area contributed by atoms with Crippen LogP contribution in [0.3, 0.4) is 0 Å². The molecular weight excluding hydrogens is 244 g/mol. The van der Waals surface area contributed by atoms with Gasteiger partial charge >= 0.3 is 11.9 Å². The molecule has 2 rings (SSSR count). The van der Waals surface area contributed by atoms with E-state index in [1.54, 1.807) is 6.07 Å². The molecule has 5 nitrogen and oxygen atoms in total. The van der Waals surface area contributed by atoms with Crippen LogP contribution in [-0.4, -0.2) is 26.1 Å². The standard InChI is InChI=1S/C11H9F2N3O2/c1-16-9(8(10(17)18)14-15-16)11(12,13)7-5-3-2-4-6-7/h2-6H,1H3,(H,17,18). The molecule has 1 N–H and O–H groups in total. The zero-order valence-electron chi connectivity index (χ0n) is 9.34. The number of carboxylic acids is 1. The molecule has 0 bridgehead atoms. The summed E-state index contributed by atoms with van der Waals surface area (Å²) in [5.74, 6) is -5.00. The van der Waals surface area contributed by atoms with Crippen molar-refractivity contribution in [2.75, 3.05) is 0 Å². The Labute approximate surface area is 101 Å². The molecule has 1 heterocycles. The van der Waals surface area contributed by atoms with Gasteiger partial charge in [-0.3, -0.25) is 0 Å². The number of hydrogen-bond acceptors (Lipinski definition) is 3. The van der Waals surface area contributed by atoms with Crippen molar-refractivity contribution in [3.05, 3.63) is 47.3 Å². The lowest BCUT2D eigenvalue weighted by molar-refractivity contribution is 0.0308. The van der Waals surface area contributed by atoms with E-state index in [1.807, 2.05) is 0 Å². The minimum absolute atomic E-state index is 0.307. The highest BCUT2D eigenvalue weighted by Crippen LogP contribution is 2.36. The van der Waals surface area contributed by atoms with Gasteiger partial charge in [0.25, 0.3) is 0 Å². The second-order valence-electron chi connectivity index (χ2n) is 3.66. The Bertz CT molecular complexity index is 581. The zero-order chi connectivity index (χ0) is 13.3. The van der Waals surface area contributed by atoms with Crippen LogP contribution >= 0.6 is 0 Å². The molecule has 0 atom stereocenters. The smallest absolute Gasteiger partial charge is 0.358 e. The van der Waals surface area contributed by atoms with Crippen molar-refractivity contribution < 1.29 is 18.7 Å². The molecule has 0 saturated heterocycles. The van der Waals surface area contributed by atoms with E-state index >= 15 is 0 Å². The van der Waals surface area contributed by atoms with Gasteiger partial charge in [-0.15, -0.1) is 5.10 Å². The Balaban J connectivity index is 2.61. The van der Waals surface area contributed by atoms with Crippen molar-refractivity contribution in [1.82, 2.24) is 15.0 Å². The van der Waals surface area contributed by atoms with Crippen LogP contribution in [0.4, 0.5) is 8.78 Å². The number of halogens is 2. The van der Waals surface area contributed by atoms with Crippen molar-refractivity contribution in [1.29, 1.82) is 0 Å². The van der Waals surface area contributed by atoms with Gasteiger partial charge in [-0.25, -0.2) is 9.48 Å². The van der Waals surface area contributed by atoms with Gasteiger partial charge in [-0.2, -0.15) is 8.78 Å². The molecule has 1 aromatic carbocycles. The quantitative estimate of drug-likeness (QED) is 0.903. The Hall–Kier alpha value is -2.31. The molecule has 94 valence electrons. The number of aromatic carboxylic acids is 1. The number of nitrogens with zero attached hydrogens (tertiary/aromatic N) is 3. The summed E-state index contributed by atoms with van der Waals surface area (Å²) in [5.41, 5.74) is -1.79. The van der Waals surface area contributed by atoms with Crippen LogP contribution < -0.4 is 0 Å². The van der Waals surface area contributed by atoms with Gasteiger partial charge in [0.2, 0.25) is 0 Å². The second kappa shape index (κ2) is 4.17. The molecule has 2 aromatic rings. The Morgan fingerprint density at radius 2 is 1.94 bits per heavy atom. The lowest BCUT2D eigenvalue weighted by Gasteiger charge is -2.16. The van der Waals surface area contributed by atoms with E-state index in [4.69, 9.17) is 5.11 Å². The fourth-order valence-electron chi connectivity index (χ4n) is 1.64. The molecule has 0 radical (unpaired) electrons. The number of aromatic nitrogens is 3. The monoisotopic (exact) mass is 253 g/mol. The van der Waals surface area contributed by atoms with Crippen LogP contribution in [0.5, 0.6) is 0 Å². The van der Waals surface area contributed by atoms with Crippen molar-refractivity contribution in [2.45, 2.75) is 5.92 Å². The number of carbonyl (C=O) groups is 1. The molecule has 0 amide bonds. The molecule has 1 aromatic heterocycles. The van der Waals surface area contributed by atoms with Gasteiger partial charge in [-0.05, 0) is 0 Å². The predicted octanol–water partition coefficient (Wildman–Crippen LogP) is 1.65. The van der Waals surface area contributed by atoms with Gasteiger partial charge in [0.1, 0.15) is 5.69 Å². The number of benzene rings is 1. The highest BCUT2D eigenvalue weighted by molar-refractivity contribution is 5.86. The average Bonchev–Trinajstić information content (AvgIpc) is 2.73. The summed E-state index contributed by atoms with van der Waals surface area (Å²) < 4.78 is 29.3. The van der Waals surface area contributed by atoms with E-state index < -0.39 is 23.3 Å². The summed E-state index contributed by atoms with van der Waals surface area (Å²) in [4.78, 5) is 10.9. The van der Waals surface area contributed by atoms with E-state index in [-0.39, 0.29) is 5.56 Å². The van der Waals surface area contributed by atoms with Crippen LogP contribution in [0.2, 0.25) is 0 Å². The normalized spacial score (nSPS) is 11.5. The largest absolute Gasteiger partial charge is 0.476 e. The van der Waals surface area contributed by atoms with Gasteiger partial charge in [0, 0.05) is 12.6 Å². The Kier molecular flexibility index (Phi) is 2.82. The molecule has 0 unspecified atom stereocenters. The summed E-state index contributed by atoms with van der Waals surface area (Å²) >= 11 is 0. The maximum atomic E-state index is 14.2. The number of aryl methyl sites for hydroxylation is 1. The summed E-state index contributed by atoms with van der Waals surface area (Å²) in [6, 6.07) is 6.94. The number of rotatable bonds is 3. The third kappa shape index (κ3) is 1.83. The molecule has 0 fully saturated rings.